The predicted molar refractivity (Wildman–Crippen MR) is 122 cm³/mol. The van der Waals surface area contributed by atoms with Gasteiger partial charge in [0.2, 0.25) is 0 Å². The molecule has 1 aliphatic rings. The second-order valence-corrected chi connectivity index (χ2v) is 8.72. The number of fused-ring (bicyclic) bond motifs is 1. The van der Waals surface area contributed by atoms with E-state index in [-0.39, 0.29) is 6.61 Å². The van der Waals surface area contributed by atoms with Gasteiger partial charge in [0.15, 0.2) is 0 Å². The smallest absolute Gasteiger partial charge is 0.122 e. The highest BCUT2D eigenvalue weighted by Gasteiger charge is 2.23. The maximum Gasteiger partial charge on any atom is 0.122 e. The van der Waals surface area contributed by atoms with E-state index < -0.39 is 6.10 Å². The van der Waals surface area contributed by atoms with Crippen LogP contribution in [0.4, 0.5) is 0 Å². The number of benzene rings is 2. The molecule has 2 unspecified atom stereocenters. The maximum atomic E-state index is 10.9. The van der Waals surface area contributed by atoms with E-state index in [4.69, 9.17) is 9.72 Å². The molecule has 30 heavy (non-hydrogen) atoms. The summed E-state index contributed by atoms with van der Waals surface area (Å²) < 4.78 is 8.32. The third-order valence-electron chi connectivity index (χ3n) is 6.54. The number of imidazole rings is 1. The predicted octanol–water partition coefficient (Wildman–Crippen LogP) is 6.04. The van der Waals surface area contributed by atoms with E-state index in [1.54, 1.807) is 0 Å². The van der Waals surface area contributed by atoms with Gasteiger partial charge in [-0.2, -0.15) is 0 Å². The van der Waals surface area contributed by atoms with Crippen LogP contribution in [-0.4, -0.2) is 27.4 Å². The van der Waals surface area contributed by atoms with Crippen molar-refractivity contribution in [3.63, 3.8) is 0 Å². The van der Waals surface area contributed by atoms with Crippen LogP contribution in [0.15, 0.2) is 48.5 Å². The van der Waals surface area contributed by atoms with Crippen molar-refractivity contribution in [2.75, 3.05) is 6.61 Å². The van der Waals surface area contributed by atoms with Crippen molar-refractivity contribution >= 4 is 11.0 Å². The number of aromatic nitrogens is 2. The molecule has 160 valence electrons. The summed E-state index contributed by atoms with van der Waals surface area (Å²) in [6.07, 6.45) is 6.72. The van der Waals surface area contributed by atoms with Gasteiger partial charge in [0, 0.05) is 5.92 Å². The van der Waals surface area contributed by atoms with E-state index in [0.29, 0.717) is 18.4 Å². The molecule has 4 nitrogen and oxygen atoms in total. The second kappa shape index (κ2) is 9.65. The van der Waals surface area contributed by atoms with Crippen molar-refractivity contribution < 1.29 is 9.84 Å². The monoisotopic (exact) mass is 406 g/mol. The topological polar surface area (TPSA) is 47.3 Å². The van der Waals surface area contributed by atoms with Crippen LogP contribution < -0.4 is 4.74 Å². The number of nitrogens with zero attached hydrogens (tertiary/aromatic N) is 2. The van der Waals surface area contributed by atoms with Crippen molar-refractivity contribution in [2.45, 2.75) is 76.9 Å². The fourth-order valence-corrected chi connectivity index (χ4v) is 4.65. The number of aliphatic hydroxyl groups excluding tert-OH is 1. The summed E-state index contributed by atoms with van der Waals surface area (Å²) in [5, 5.41) is 10.9. The molecule has 0 spiro atoms. The van der Waals surface area contributed by atoms with E-state index in [2.05, 4.69) is 48.7 Å². The Hall–Kier alpha value is -2.33. The summed E-state index contributed by atoms with van der Waals surface area (Å²) >= 11 is 0. The van der Waals surface area contributed by atoms with Crippen molar-refractivity contribution in [1.82, 2.24) is 9.55 Å². The molecule has 3 aromatic rings. The van der Waals surface area contributed by atoms with Crippen molar-refractivity contribution in [2.24, 2.45) is 0 Å². The zero-order chi connectivity index (χ0) is 20.9. The molecule has 1 fully saturated rings. The van der Waals surface area contributed by atoms with Crippen LogP contribution in [0.5, 0.6) is 5.75 Å². The van der Waals surface area contributed by atoms with Crippen LogP contribution in [-0.2, 0) is 6.54 Å². The summed E-state index contributed by atoms with van der Waals surface area (Å²) in [6.45, 7) is 5.20. The summed E-state index contributed by atoms with van der Waals surface area (Å²) in [6, 6.07) is 16.5. The largest absolute Gasteiger partial charge is 0.491 e. The average Bonchev–Trinajstić information content (AvgIpc) is 3.16. The van der Waals surface area contributed by atoms with Crippen LogP contribution in [0, 0.1) is 0 Å². The van der Waals surface area contributed by atoms with E-state index in [0.717, 1.165) is 29.0 Å². The van der Waals surface area contributed by atoms with Crippen LogP contribution in [0.25, 0.3) is 11.0 Å². The molecule has 2 aromatic carbocycles. The van der Waals surface area contributed by atoms with Gasteiger partial charge in [0.05, 0.1) is 17.6 Å². The lowest BCUT2D eigenvalue weighted by molar-refractivity contribution is 0.0915. The molecule has 1 saturated carbocycles. The van der Waals surface area contributed by atoms with Gasteiger partial charge in [-0.1, -0.05) is 63.4 Å². The number of hydrogen-bond donors (Lipinski definition) is 1. The lowest BCUT2D eigenvalue weighted by Gasteiger charge is -2.24. The van der Waals surface area contributed by atoms with Crippen molar-refractivity contribution in [3.05, 3.63) is 59.9 Å². The third-order valence-corrected chi connectivity index (χ3v) is 6.54. The van der Waals surface area contributed by atoms with Crippen LogP contribution >= 0.6 is 0 Å². The maximum absolute atomic E-state index is 10.9. The van der Waals surface area contributed by atoms with E-state index in [1.165, 1.54) is 37.7 Å². The van der Waals surface area contributed by atoms with Crippen molar-refractivity contribution in [3.8, 4) is 5.75 Å². The molecule has 0 radical (unpaired) electrons. The molecule has 0 bridgehead atoms. The third kappa shape index (κ3) is 4.54. The summed E-state index contributed by atoms with van der Waals surface area (Å²) in [7, 11) is 0. The normalized spacial score (nSPS) is 17.2. The molecule has 4 heteroatoms. The fraction of sp³-hybridized carbons (Fsp3) is 0.500. The molecule has 4 rings (SSSR count). The van der Waals surface area contributed by atoms with Gasteiger partial charge in [-0.25, -0.2) is 4.98 Å². The van der Waals surface area contributed by atoms with Gasteiger partial charge in [0.25, 0.3) is 0 Å². The average molecular weight is 407 g/mol. The van der Waals surface area contributed by atoms with E-state index in [1.807, 2.05) is 18.2 Å². The first-order valence-corrected chi connectivity index (χ1v) is 11.5. The molecule has 1 aromatic heterocycles. The lowest BCUT2D eigenvalue weighted by atomic mass is 9.88. The van der Waals surface area contributed by atoms with Gasteiger partial charge in [-0.05, 0) is 48.9 Å². The fourth-order valence-electron chi connectivity index (χ4n) is 4.65. The highest BCUT2D eigenvalue weighted by Crippen LogP contribution is 2.34. The Morgan fingerprint density at radius 2 is 1.80 bits per heavy atom. The minimum Gasteiger partial charge on any atom is -0.491 e. The molecule has 0 saturated heterocycles. The van der Waals surface area contributed by atoms with Crippen LogP contribution in [0.1, 0.15) is 75.6 Å². The van der Waals surface area contributed by atoms with E-state index >= 15 is 0 Å². The van der Waals surface area contributed by atoms with Gasteiger partial charge in [-0.3, -0.25) is 0 Å². The highest BCUT2D eigenvalue weighted by molar-refractivity contribution is 5.76. The van der Waals surface area contributed by atoms with Gasteiger partial charge < -0.3 is 14.4 Å². The second-order valence-electron chi connectivity index (χ2n) is 8.72. The number of para-hydroxylation sites is 3. The first-order chi connectivity index (χ1) is 14.7. The number of ether oxygens (including phenoxy) is 1. The molecule has 1 aliphatic carbocycles. The number of aliphatic hydroxyl groups is 1. The Labute approximate surface area is 179 Å². The van der Waals surface area contributed by atoms with Gasteiger partial charge in [0.1, 0.15) is 24.3 Å². The molecule has 0 amide bonds. The SMILES string of the molecule is CCC(C)c1ccccc1OCC(O)Cn1c(C2CCCCC2)nc2ccccc21. The molecule has 2 atom stereocenters. The quantitative estimate of drug-likeness (QED) is 0.496. The molecule has 0 aliphatic heterocycles. The minimum absolute atomic E-state index is 0.282. The molecular weight excluding hydrogens is 372 g/mol. The Morgan fingerprint density at radius 1 is 1.07 bits per heavy atom. The lowest BCUT2D eigenvalue weighted by Crippen LogP contribution is -2.26. The number of rotatable bonds is 8. The Bertz CT molecular complexity index is 959. The Balaban J connectivity index is 1.51. The molecule has 1 N–H and O–H groups in total. The standard InChI is InChI=1S/C26H34N2O2/c1-3-19(2)22-13-7-10-16-25(22)30-18-21(29)17-28-24-15-9-8-14-23(24)27-26(28)20-11-5-4-6-12-20/h7-10,13-16,19-21,29H,3-6,11-12,17-18H2,1-2H3. The first kappa shape index (κ1) is 20.9. The first-order valence-electron chi connectivity index (χ1n) is 11.5. The van der Waals surface area contributed by atoms with Crippen LogP contribution in [0.2, 0.25) is 0 Å². The van der Waals surface area contributed by atoms with Gasteiger partial charge >= 0.3 is 0 Å². The number of hydrogen-bond acceptors (Lipinski definition) is 3. The summed E-state index contributed by atoms with van der Waals surface area (Å²) in [4.78, 5) is 4.97. The van der Waals surface area contributed by atoms with Gasteiger partial charge in [-0.15, -0.1) is 0 Å². The zero-order valence-corrected chi connectivity index (χ0v) is 18.3. The van der Waals surface area contributed by atoms with Crippen LogP contribution in [0.3, 0.4) is 0 Å². The van der Waals surface area contributed by atoms with E-state index in [9.17, 15) is 5.11 Å². The molecule has 1 heterocycles. The molecular formula is C26H34N2O2. The summed E-state index contributed by atoms with van der Waals surface area (Å²) in [5.74, 6) is 2.95. The van der Waals surface area contributed by atoms with Crippen molar-refractivity contribution in [1.29, 1.82) is 0 Å². The minimum atomic E-state index is -0.588. The summed E-state index contributed by atoms with van der Waals surface area (Å²) in [5.41, 5.74) is 3.34. The Kier molecular flexibility index (Phi) is 6.73. The Morgan fingerprint density at radius 3 is 2.60 bits per heavy atom. The zero-order valence-electron chi connectivity index (χ0n) is 18.3. The highest BCUT2D eigenvalue weighted by atomic mass is 16.5.